The summed E-state index contributed by atoms with van der Waals surface area (Å²) in [5.41, 5.74) is 0.849. The van der Waals surface area contributed by atoms with Crippen molar-refractivity contribution in [2.75, 3.05) is 25.0 Å². The number of hydrogen-bond donors (Lipinski definition) is 0. The van der Waals surface area contributed by atoms with Gasteiger partial charge >= 0.3 is 6.09 Å². The zero-order valence-electron chi connectivity index (χ0n) is 21.5. The van der Waals surface area contributed by atoms with E-state index >= 15 is 0 Å². The second-order valence-corrected chi connectivity index (χ2v) is 12.8. The van der Waals surface area contributed by atoms with E-state index in [1.165, 1.54) is 16.4 Å². The Hall–Kier alpha value is -3.58. The molecule has 3 heterocycles. The Balaban J connectivity index is 1.41. The van der Waals surface area contributed by atoms with E-state index in [0.29, 0.717) is 47.2 Å². The Morgan fingerprint density at radius 3 is 2.38 bits per heavy atom. The Kier molecular flexibility index (Phi) is 6.15. The van der Waals surface area contributed by atoms with E-state index in [4.69, 9.17) is 4.74 Å². The smallest absolute Gasteiger partial charge is 0.410 e. The van der Waals surface area contributed by atoms with Gasteiger partial charge in [0.2, 0.25) is 0 Å². The molecule has 3 aromatic rings. The molecule has 37 heavy (non-hydrogen) atoms. The van der Waals surface area contributed by atoms with Gasteiger partial charge < -0.3 is 14.5 Å². The molecule has 2 aromatic heterocycles. The molecule has 0 bridgehead atoms. The lowest BCUT2D eigenvalue weighted by atomic mass is 10.0. The largest absolute Gasteiger partial charge is 0.444 e. The lowest BCUT2D eigenvalue weighted by Crippen LogP contribution is -2.37. The third kappa shape index (κ3) is 4.53. The zero-order chi connectivity index (χ0) is 26.5. The molecular weight excluding hydrogens is 490 g/mol. The first-order valence-electron chi connectivity index (χ1n) is 12.4. The number of carbonyl (C=O) groups excluding carboxylic acids is 1. The molecule has 1 aliphatic carbocycles. The summed E-state index contributed by atoms with van der Waals surface area (Å²) in [7, 11) is -1.89. The van der Waals surface area contributed by atoms with Crippen LogP contribution in [0.1, 0.15) is 39.2 Å². The van der Waals surface area contributed by atoms with Crippen LogP contribution in [0.4, 0.5) is 10.5 Å². The molecule has 2 aliphatic rings. The number of likely N-dealkylation sites (tertiary alicyclic amines) is 1. The minimum atomic E-state index is -3.84. The van der Waals surface area contributed by atoms with Gasteiger partial charge in [-0.1, -0.05) is 18.2 Å². The number of benzene rings is 1. The number of anilines is 1. The number of pyridine rings is 1. The fourth-order valence-electron chi connectivity index (χ4n) is 5.65. The maximum Gasteiger partial charge on any atom is 0.410 e. The highest BCUT2D eigenvalue weighted by molar-refractivity contribution is 7.90. The zero-order valence-corrected chi connectivity index (χ0v) is 22.3. The molecule has 1 aliphatic heterocycles. The number of aromatic nitrogens is 2. The van der Waals surface area contributed by atoms with Gasteiger partial charge in [0.25, 0.3) is 10.0 Å². The Bertz CT molecular complexity index is 1470. The summed E-state index contributed by atoms with van der Waals surface area (Å²) < 4.78 is 33.3. The van der Waals surface area contributed by atoms with Crippen LogP contribution >= 0.6 is 0 Å². The van der Waals surface area contributed by atoms with Crippen molar-refractivity contribution in [1.29, 1.82) is 5.26 Å². The second kappa shape index (κ2) is 9.06. The van der Waals surface area contributed by atoms with Gasteiger partial charge in [0.15, 0.2) is 5.65 Å². The first kappa shape index (κ1) is 25.1. The SMILES string of the molecule is CN(c1c(C#N)cnc2c1ccn2S(=O)(=O)c1ccccc1)[C@@H]1C[C@@H]2CN(C(=O)OC(C)(C)C)C[C@@H]2C1. The van der Waals surface area contributed by atoms with Gasteiger partial charge in [-0.3, -0.25) is 0 Å². The summed E-state index contributed by atoms with van der Waals surface area (Å²) in [5.74, 6) is 0.705. The van der Waals surface area contributed by atoms with E-state index in [1.54, 1.807) is 41.3 Å². The maximum absolute atomic E-state index is 13.3. The number of carbonyl (C=O) groups is 1. The highest BCUT2D eigenvalue weighted by Gasteiger charge is 2.45. The van der Waals surface area contributed by atoms with E-state index in [1.807, 2.05) is 27.8 Å². The van der Waals surface area contributed by atoms with Gasteiger partial charge in [0.05, 0.1) is 16.1 Å². The van der Waals surface area contributed by atoms with E-state index in [0.717, 1.165) is 12.8 Å². The van der Waals surface area contributed by atoms with Crippen LogP contribution in [0.2, 0.25) is 0 Å². The van der Waals surface area contributed by atoms with Crippen LogP contribution in [0.3, 0.4) is 0 Å². The fourth-order valence-corrected chi connectivity index (χ4v) is 6.98. The van der Waals surface area contributed by atoms with Gasteiger partial charge in [0, 0.05) is 44.0 Å². The summed E-state index contributed by atoms with van der Waals surface area (Å²) in [4.78, 5) is 21.0. The van der Waals surface area contributed by atoms with Crippen molar-refractivity contribution in [3.63, 3.8) is 0 Å². The van der Waals surface area contributed by atoms with Gasteiger partial charge in [-0.15, -0.1) is 0 Å². The lowest BCUT2D eigenvalue weighted by molar-refractivity contribution is 0.0279. The van der Waals surface area contributed by atoms with Crippen LogP contribution in [-0.2, 0) is 14.8 Å². The topological polar surface area (TPSA) is 109 Å². The molecule has 0 unspecified atom stereocenters. The van der Waals surface area contributed by atoms with Gasteiger partial charge in [0.1, 0.15) is 11.7 Å². The van der Waals surface area contributed by atoms with Crippen molar-refractivity contribution in [1.82, 2.24) is 13.9 Å². The van der Waals surface area contributed by atoms with Crippen molar-refractivity contribution in [2.24, 2.45) is 11.8 Å². The average Bonchev–Trinajstić information content (AvgIpc) is 3.56. The van der Waals surface area contributed by atoms with Crippen LogP contribution in [0.15, 0.2) is 53.7 Å². The number of fused-ring (bicyclic) bond motifs is 2. The summed E-state index contributed by atoms with van der Waals surface area (Å²) >= 11 is 0. The van der Waals surface area contributed by atoms with E-state index < -0.39 is 15.6 Å². The van der Waals surface area contributed by atoms with Crippen LogP contribution in [0.5, 0.6) is 0 Å². The van der Waals surface area contributed by atoms with E-state index in [-0.39, 0.29) is 17.0 Å². The highest BCUT2D eigenvalue weighted by atomic mass is 32.2. The second-order valence-electron chi connectivity index (χ2n) is 10.9. The molecule has 9 nitrogen and oxygen atoms in total. The predicted molar refractivity (Wildman–Crippen MR) is 140 cm³/mol. The Morgan fingerprint density at radius 2 is 1.78 bits per heavy atom. The van der Waals surface area contributed by atoms with E-state index in [9.17, 15) is 18.5 Å². The van der Waals surface area contributed by atoms with Gasteiger partial charge in [-0.05, 0) is 63.6 Å². The van der Waals surface area contributed by atoms with Crippen LogP contribution in [0, 0.1) is 23.2 Å². The molecule has 2 fully saturated rings. The Labute approximate surface area is 217 Å². The lowest BCUT2D eigenvalue weighted by Gasteiger charge is -2.30. The molecule has 1 saturated carbocycles. The fraction of sp³-hybridized carbons (Fsp3) is 0.444. The maximum atomic E-state index is 13.3. The molecule has 0 radical (unpaired) electrons. The minimum absolute atomic E-state index is 0.155. The third-order valence-electron chi connectivity index (χ3n) is 7.35. The molecule has 3 atom stereocenters. The van der Waals surface area contributed by atoms with Gasteiger partial charge in [-0.25, -0.2) is 22.2 Å². The number of amides is 1. The first-order valence-corrected chi connectivity index (χ1v) is 13.8. The molecule has 0 N–H and O–H groups in total. The molecule has 1 amide bonds. The number of hydrogen-bond acceptors (Lipinski definition) is 7. The normalized spacial score (nSPS) is 21.6. The Morgan fingerprint density at radius 1 is 1.14 bits per heavy atom. The standard InChI is InChI=1S/C27H31N5O4S/c1-27(2,3)36-26(33)31-16-18-12-21(13-19(18)17-31)30(4)24-20(14-28)15-29-25-23(24)10-11-32(25)37(34,35)22-8-6-5-7-9-22/h5-11,15,18-19,21H,12-13,16-17H2,1-4H3/t18-,19+,21-. The minimum Gasteiger partial charge on any atom is -0.444 e. The van der Waals surface area contributed by atoms with Crippen molar-refractivity contribution in [2.45, 2.75) is 50.2 Å². The van der Waals surface area contributed by atoms with Gasteiger partial charge in [-0.2, -0.15) is 5.26 Å². The third-order valence-corrected chi connectivity index (χ3v) is 9.03. The number of nitriles is 1. The van der Waals surface area contributed by atoms with Crippen molar-refractivity contribution in [3.8, 4) is 6.07 Å². The summed E-state index contributed by atoms with van der Waals surface area (Å²) in [6.07, 6.45) is 4.43. The quantitative estimate of drug-likeness (QED) is 0.506. The number of nitrogens with zero attached hydrogens (tertiary/aromatic N) is 5. The average molecular weight is 522 g/mol. The summed E-state index contributed by atoms with van der Waals surface area (Å²) in [5, 5.41) is 10.5. The van der Waals surface area contributed by atoms with Crippen molar-refractivity contribution in [3.05, 3.63) is 54.4 Å². The first-order chi connectivity index (χ1) is 17.5. The van der Waals surface area contributed by atoms with E-state index in [2.05, 4.69) is 16.0 Å². The predicted octanol–water partition coefficient (Wildman–Crippen LogP) is 4.23. The number of rotatable bonds is 4. The molecule has 194 valence electrons. The summed E-state index contributed by atoms with van der Waals surface area (Å²) in [6.45, 7) is 6.92. The van der Waals surface area contributed by atoms with Crippen molar-refractivity contribution < 1.29 is 17.9 Å². The highest BCUT2D eigenvalue weighted by Crippen LogP contribution is 2.43. The van der Waals surface area contributed by atoms with Crippen LogP contribution in [0.25, 0.3) is 11.0 Å². The molecule has 5 rings (SSSR count). The van der Waals surface area contributed by atoms with Crippen molar-refractivity contribution >= 4 is 32.8 Å². The monoisotopic (exact) mass is 521 g/mol. The molecular formula is C27H31N5O4S. The molecule has 10 heteroatoms. The summed E-state index contributed by atoms with van der Waals surface area (Å²) in [6, 6.07) is 12.3. The molecule has 1 aromatic carbocycles. The van der Waals surface area contributed by atoms with Crippen LogP contribution < -0.4 is 4.90 Å². The molecule has 0 spiro atoms. The number of ether oxygens (including phenoxy) is 1. The molecule has 1 saturated heterocycles. The van der Waals surface area contributed by atoms with Crippen LogP contribution in [-0.4, -0.2) is 60.1 Å².